The Kier molecular flexibility index (Phi) is 10.0. The first-order valence-electron chi connectivity index (χ1n) is 21.3. The second-order valence-corrected chi connectivity index (χ2v) is 16.2. The van der Waals surface area contributed by atoms with E-state index in [1.54, 1.807) is 46.3 Å². The van der Waals surface area contributed by atoms with Crippen molar-refractivity contribution < 1.29 is 14.4 Å². The zero-order valence-electron chi connectivity index (χ0n) is 35.3. The number of urea groups is 1. The molecular weight excluding hydrogens is 797 g/mol. The quantitative estimate of drug-likeness (QED) is 0.186. The molecule has 16 nitrogen and oxygen atoms in total. The smallest absolute Gasteiger partial charge is 0.350 e. The highest BCUT2D eigenvalue weighted by atomic mass is 16.2. The Labute approximate surface area is 363 Å². The van der Waals surface area contributed by atoms with Crippen molar-refractivity contribution in [3.05, 3.63) is 126 Å². The molecule has 3 aromatic carbocycles. The highest BCUT2D eigenvalue weighted by molar-refractivity contribution is 6.06. The fourth-order valence-electron chi connectivity index (χ4n) is 9.27. The van der Waals surface area contributed by atoms with Crippen LogP contribution in [0.2, 0.25) is 0 Å². The first kappa shape index (κ1) is 39.5. The number of aryl methyl sites for hydroxylation is 2. The third kappa shape index (κ3) is 7.06. The normalized spacial score (nSPS) is 17.0. The van der Waals surface area contributed by atoms with Crippen molar-refractivity contribution in [2.45, 2.75) is 32.1 Å². The molecule has 4 aromatic heterocycles. The maximum Gasteiger partial charge on any atom is 0.350 e. The van der Waals surface area contributed by atoms with Crippen molar-refractivity contribution >= 4 is 51.6 Å². The number of carbonyl (C=O) groups excluding carboxylic acids is 3. The van der Waals surface area contributed by atoms with Crippen molar-refractivity contribution in [3.63, 3.8) is 0 Å². The first-order valence-corrected chi connectivity index (χ1v) is 21.3. The highest BCUT2D eigenvalue weighted by Crippen LogP contribution is 2.40. The molecule has 7 heterocycles. The molecule has 1 unspecified atom stereocenters. The highest BCUT2D eigenvalue weighted by Gasteiger charge is 2.34. The van der Waals surface area contributed by atoms with E-state index < -0.39 is 5.92 Å². The van der Waals surface area contributed by atoms with Gasteiger partial charge in [0.1, 0.15) is 12.1 Å². The minimum atomic E-state index is -0.451. The maximum atomic E-state index is 13.8. The van der Waals surface area contributed by atoms with E-state index in [4.69, 9.17) is 10.1 Å². The van der Waals surface area contributed by atoms with Crippen LogP contribution < -0.4 is 30.6 Å². The number of pyridine rings is 2. The predicted molar refractivity (Wildman–Crippen MR) is 241 cm³/mol. The van der Waals surface area contributed by atoms with Crippen LogP contribution in [0, 0.1) is 0 Å². The fraction of sp³-hybridized carbons (Fsp3) is 0.277. The zero-order valence-corrected chi connectivity index (χ0v) is 35.3. The van der Waals surface area contributed by atoms with Crippen LogP contribution in [-0.4, -0.2) is 91.2 Å². The molecule has 1 N–H and O–H groups in total. The van der Waals surface area contributed by atoms with Gasteiger partial charge in [-0.1, -0.05) is 37.3 Å². The summed E-state index contributed by atoms with van der Waals surface area (Å²) in [4.78, 5) is 68.7. The number of imide groups is 1. The molecule has 0 bridgehead atoms. The Hall–Kier alpha value is -7.62. The molecule has 16 heteroatoms. The van der Waals surface area contributed by atoms with Crippen molar-refractivity contribution in [1.29, 1.82) is 0 Å². The Balaban J connectivity index is 0.910. The van der Waals surface area contributed by atoms with Crippen LogP contribution in [0.5, 0.6) is 0 Å². The summed E-state index contributed by atoms with van der Waals surface area (Å²) in [5.41, 5.74) is 10.1. The lowest BCUT2D eigenvalue weighted by molar-refractivity contribution is -0.134. The van der Waals surface area contributed by atoms with Gasteiger partial charge < -0.3 is 9.80 Å². The fourth-order valence-corrected chi connectivity index (χ4v) is 9.27. The number of benzene rings is 3. The molecule has 0 aliphatic carbocycles. The Morgan fingerprint density at radius 3 is 2.22 bits per heavy atom. The molecule has 0 radical (unpaired) electrons. The lowest BCUT2D eigenvalue weighted by Crippen LogP contribution is -2.46. The second-order valence-electron chi connectivity index (χ2n) is 16.2. The van der Waals surface area contributed by atoms with Crippen LogP contribution in [0.3, 0.4) is 0 Å². The van der Waals surface area contributed by atoms with E-state index in [2.05, 4.69) is 80.7 Å². The van der Waals surface area contributed by atoms with Gasteiger partial charge in [-0.2, -0.15) is 10.2 Å². The molecule has 3 fully saturated rings. The summed E-state index contributed by atoms with van der Waals surface area (Å²) in [6.45, 7) is 6.14. The summed E-state index contributed by atoms with van der Waals surface area (Å²) >= 11 is 0. The molecule has 10 rings (SSSR count). The average molecular weight is 843 g/mol. The van der Waals surface area contributed by atoms with Crippen LogP contribution in [0.4, 0.5) is 27.7 Å². The second kappa shape index (κ2) is 16.0. The van der Waals surface area contributed by atoms with Gasteiger partial charge in [0.15, 0.2) is 0 Å². The maximum absolute atomic E-state index is 13.8. The number of anilines is 4. The zero-order chi connectivity index (χ0) is 43.4. The number of hydrogen-bond acceptors (Lipinski definition) is 10. The monoisotopic (exact) mass is 842 g/mol. The van der Waals surface area contributed by atoms with Crippen LogP contribution in [0.15, 0.2) is 109 Å². The van der Waals surface area contributed by atoms with E-state index in [0.717, 1.165) is 87.6 Å². The van der Waals surface area contributed by atoms with Gasteiger partial charge in [-0.3, -0.25) is 34.4 Å². The molecule has 3 saturated heterocycles. The molecule has 4 amide bonds. The van der Waals surface area contributed by atoms with Crippen LogP contribution in [-0.2, 0) is 30.1 Å². The standard InChI is InChI=1S/C47H46N12O4/c1-4-35-36(17-19-49-44(35)58-25-24-57(47(58)63)34-6-5-18-48-28-34)37-14-12-33(59-29-50-54(3)46(59)62)27-41(37)56-22-20-55(21-23-56)32-10-7-30(8-11-32)31-9-13-38-40(26-31)53(2)52-43(38)39-15-16-42(60)51-45(39)61/h5-14,17-19,26-29,39H,4,15-16,20-25H2,1-3H3,(H,51,60,61). The van der Waals surface area contributed by atoms with Crippen molar-refractivity contribution in [2.24, 2.45) is 14.1 Å². The first-order chi connectivity index (χ1) is 30.7. The molecule has 1 atom stereocenters. The van der Waals surface area contributed by atoms with Gasteiger partial charge >= 0.3 is 11.7 Å². The minimum Gasteiger partial charge on any atom is -0.368 e. The predicted octanol–water partition coefficient (Wildman–Crippen LogP) is 5.44. The number of rotatable bonds is 9. The van der Waals surface area contributed by atoms with E-state index in [1.807, 2.05) is 42.1 Å². The number of carbonyl (C=O) groups is 3. The SMILES string of the molecule is CCc1c(-c2ccc(-n3cnn(C)c3=O)cc2N2CCN(c3ccc(-c4ccc5c(C6CCC(=O)NC6=O)nn(C)c5c4)cc3)CC2)ccnc1N1CCN(c2cccnc2)C1=O. The Morgan fingerprint density at radius 1 is 0.730 bits per heavy atom. The minimum absolute atomic E-state index is 0.131. The number of fused-ring (bicyclic) bond motifs is 1. The van der Waals surface area contributed by atoms with Crippen molar-refractivity contribution in [1.82, 2.24) is 39.4 Å². The molecule has 63 heavy (non-hydrogen) atoms. The van der Waals surface area contributed by atoms with Gasteiger partial charge in [0.05, 0.1) is 34.7 Å². The number of nitrogens with zero attached hydrogens (tertiary/aromatic N) is 11. The van der Waals surface area contributed by atoms with Gasteiger partial charge in [0.2, 0.25) is 11.8 Å². The third-order valence-electron chi connectivity index (χ3n) is 12.6. The molecule has 0 spiro atoms. The Morgan fingerprint density at radius 2 is 1.49 bits per heavy atom. The summed E-state index contributed by atoms with van der Waals surface area (Å²) in [6, 6.07) is 26.5. The van der Waals surface area contributed by atoms with E-state index in [1.165, 1.54) is 4.68 Å². The summed E-state index contributed by atoms with van der Waals surface area (Å²) in [5.74, 6) is -0.331. The number of aromatic nitrogens is 7. The third-order valence-corrected chi connectivity index (χ3v) is 12.6. The number of hydrogen-bond donors (Lipinski definition) is 1. The lowest BCUT2D eigenvalue weighted by atomic mass is 9.92. The number of piperazine rings is 1. The molecule has 3 aliphatic heterocycles. The number of amides is 4. The van der Waals surface area contributed by atoms with Gasteiger partial charge in [-0.15, -0.1) is 0 Å². The van der Waals surface area contributed by atoms with Gasteiger partial charge in [0.25, 0.3) is 0 Å². The summed E-state index contributed by atoms with van der Waals surface area (Å²) in [5, 5.41) is 12.3. The molecular formula is C47H46N12O4. The topological polar surface area (TPSA) is 160 Å². The molecule has 318 valence electrons. The molecule has 0 saturated carbocycles. The largest absolute Gasteiger partial charge is 0.368 e. The number of piperidine rings is 1. The summed E-state index contributed by atoms with van der Waals surface area (Å²) in [6.07, 6.45) is 8.14. The van der Waals surface area contributed by atoms with Crippen molar-refractivity contribution in [3.8, 4) is 27.9 Å². The van der Waals surface area contributed by atoms with Crippen LogP contribution in [0.25, 0.3) is 38.8 Å². The van der Waals surface area contributed by atoms with E-state index in [0.29, 0.717) is 43.9 Å². The average Bonchev–Trinajstić information content (AvgIpc) is 3.98. The summed E-state index contributed by atoms with van der Waals surface area (Å²) in [7, 11) is 3.52. The Bertz CT molecular complexity index is 2970. The lowest BCUT2D eigenvalue weighted by Gasteiger charge is -2.38. The van der Waals surface area contributed by atoms with E-state index in [9.17, 15) is 19.2 Å². The van der Waals surface area contributed by atoms with E-state index >= 15 is 0 Å². The van der Waals surface area contributed by atoms with Gasteiger partial charge in [-0.25, -0.2) is 23.8 Å². The molecule has 3 aliphatic rings. The van der Waals surface area contributed by atoms with Crippen LogP contribution in [0.1, 0.15) is 36.9 Å². The van der Waals surface area contributed by atoms with Crippen molar-refractivity contribution in [2.75, 3.05) is 58.9 Å². The number of nitrogens with one attached hydrogen (secondary N) is 1. The van der Waals surface area contributed by atoms with E-state index in [-0.39, 0.29) is 23.5 Å². The van der Waals surface area contributed by atoms with Gasteiger partial charge in [-0.05, 0) is 78.1 Å². The summed E-state index contributed by atoms with van der Waals surface area (Å²) < 4.78 is 4.69. The van der Waals surface area contributed by atoms with Gasteiger partial charge in [0, 0.05) is 100 Å². The van der Waals surface area contributed by atoms with Crippen LogP contribution >= 0.6 is 0 Å². The molecule has 7 aromatic rings.